The molecule has 2 atom stereocenters. The van der Waals surface area contributed by atoms with Crippen LogP contribution in [-0.2, 0) is 9.59 Å². The number of carbonyl (C=O) groups excluding carboxylic acids is 1. The summed E-state index contributed by atoms with van der Waals surface area (Å²) in [5.41, 5.74) is 0.469. The Bertz CT molecular complexity index is 772. The number of hydrogen-bond donors (Lipinski definition) is 2. The van der Waals surface area contributed by atoms with E-state index >= 15 is 0 Å². The van der Waals surface area contributed by atoms with E-state index in [0.717, 1.165) is 17.7 Å². The summed E-state index contributed by atoms with van der Waals surface area (Å²) in [5.74, 6) is -3.72. The third-order valence-electron chi connectivity index (χ3n) is 3.93. The molecule has 0 aromatic heterocycles. The number of nitrogens with one attached hydrogen (secondary N) is 1. The Balaban J connectivity index is 2.03. The van der Waals surface area contributed by atoms with Crippen LogP contribution in [0.3, 0.4) is 0 Å². The third-order valence-corrected chi connectivity index (χ3v) is 3.93. The lowest BCUT2D eigenvalue weighted by Gasteiger charge is -2.19. The summed E-state index contributed by atoms with van der Waals surface area (Å²) in [6, 6.07) is 9.58. The Morgan fingerprint density at radius 1 is 1.08 bits per heavy atom. The van der Waals surface area contributed by atoms with Crippen LogP contribution in [0.1, 0.15) is 36.9 Å². The number of amides is 1. The predicted molar refractivity (Wildman–Crippen MR) is 90.9 cm³/mol. The predicted octanol–water partition coefficient (Wildman–Crippen LogP) is 3.41. The van der Waals surface area contributed by atoms with Crippen molar-refractivity contribution in [1.82, 2.24) is 5.32 Å². The molecule has 0 saturated heterocycles. The van der Waals surface area contributed by atoms with Crippen molar-refractivity contribution < 1.29 is 28.2 Å². The standard InChI is InChI=1S/C19H19F2NO4/c1-11(18-15(20)4-3-5-16(18)21)19(25)22-12(2)13-6-8-14(9-7-13)26-10-17(23)24/h3-9,11-12H,10H2,1-2H3,(H,22,25)(H,23,24)/t11-,12+/m1/s1. The van der Waals surface area contributed by atoms with Crippen molar-refractivity contribution in [3.8, 4) is 5.75 Å². The van der Waals surface area contributed by atoms with Gasteiger partial charge < -0.3 is 15.2 Å². The van der Waals surface area contributed by atoms with Gasteiger partial charge in [0.1, 0.15) is 17.4 Å². The first-order valence-corrected chi connectivity index (χ1v) is 7.98. The van der Waals surface area contributed by atoms with Gasteiger partial charge in [-0.15, -0.1) is 0 Å². The molecule has 1 amide bonds. The molecule has 0 saturated carbocycles. The van der Waals surface area contributed by atoms with Crippen LogP contribution < -0.4 is 10.1 Å². The van der Waals surface area contributed by atoms with E-state index in [0.29, 0.717) is 5.75 Å². The van der Waals surface area contributed by atoms with Gasteiger partial charge >= 0.3 is 5.97 Å². The minimum absolute atomic E-state index is 0.269. The minimum atomic E-state index is -1.08. The van der Waals surface area contributed by atoms with E-state index in [4.69, 9.17) is 9.84 Å². The lowest BCUT2D eigenvalue weighted by Crippen LogP contribution is -2.31. The quantitative estimate of drug-likeness (QED) is 0.790. The molecule has 0 heterocycles. The van der Waals surface area contributed by atoms with Crippen molar-refractivity contribution in [2.45, 2.75) is 25.8 Å². The molecular weight excluding hydrogens is 344 g/mol. The van der Waals surface area contributed by atoms with Crippen LogP contribution in [0.2, 0.25) is 0 Å². The summed E-state index contributed by atoms with van der Waals surface area (Å²) >= 11 is 0. The van der Waals surface area contributed by atoms with Crippen LogP contribution >= 0.6 is 0 Å². The van der Waals surface area contributed by atoms with Gasteiger partial charge in [-0.1, -0.05) is 18.2 Å². The van der Waals surface area contributed by atoms with E-state index in [-0.39, 0.29) is 5.56 Å². The molecule has 2 N–H and O–H groups in total. The lowest BCUT2D eigenvalue weighted by atomic mass is 9.98. The smallest absolute Gasteiger partial charge is 0.341 e. The summed E-state index contributed by atoms with van der Waals surface area (Å²) in [4.78, 5) is 22.8. The fraction of sp³-hybridized carbons (Fsp3) is 0.263. The van der Waals surface area contributed by atoms with Gasteiger partial charge in [0.15, 0.2) is 6.61 Å². The first-order chi connectivity index (χ1) is 12.3. The topological polar surface area (TPSA) is 75.6 Å². The minimum Gasteiger partial charge on any atom is -0.482 e. The first-order valence-electron chi connectivity index (χ1n) is 7.98. The maximum Gasteiger partial charge on any atom is 0.341 e. The van der Waals surface area contributed by atoms with Crippen LogP contribution in [0.25, 0.3) is 0 Å². The Labute approximate surface area is 149 Å². The molecule has 0 radical (unpaired) electrons. The van der Waals surface area contributed by atoms with Gasteiger partial charge in [-0.2, -0.15) is 0 Å². The number of carboxylic acids is 1. The number of carboxylic acid groups (broad SMARTS) is 1. The van der Waals surface area contributed by atoms with E-state index in [9.17, 15) is 18.4 Å². The van der Waals surface area contributed by atoms with Gasteiger partial charge in [-0.05, 0) is 43.7 Å². The summed E-state index contributed by atoms with van der Waals surface area (Å²) in [6.45, 7) is 2.72. The highest BCUT2D eigenvalue weighted by molar-refractivity contribution is 5.83. The van der Waals surface area contributed by atoms with E-state index in [2.05, 4.69) is 5.32 Å². The summed E-state index contributed by atoms with van der Waals surface area (Å²) in [6.07, 6.45) is 0. The van der Waals surface area contributed by atoms with Crippen LogP contribution in [-0.4, -0.2) is 23.6 Å². The van der Waals surface area contributed by atoms with E-state index < -0.39 is 42.1 Å². The van der Waals surface area contributed by atoms with Gasteiger partial charge in [0.2, 0.25) is 5.91 Å². The van der Waals surface area contributed by atoms with Gasteiger partial charge in [0.25, 0.3) is 0 Å². The van der Waals surface area contributed by atoms with Crippen molar-refractivity contribution >= 4 is 11.9 Å². The summed E-state index contributed by atoms with van der Waals surface area (Å²) < 4.78 is 32.7. The second kappa shape index (κ2) is 8.42. The van der Waals surface area contributed by atoms with Crippen molar-refractivity contribution in [3.63, 3.8) is 0 Å². The molecule has 0 aliphatic rings. The monoisotopic (exact) mass is 363 g/mol. The maximum atomic E-state index is 13.8. The average Bonchev–Trinajstić information content (AvgIpc) is 2.60. The summed E-state index contributed by atoms with van der Waals surface area (Å²) in [5, 5.41) is 11.3. The van der Waals surface area contributed by atoms with E-state index in [1.807, 2.05) is 0 Å². The molecule has 26 heavy (non-hydrogen) atoms. The molecule has 5 nitrogen and oxygen atoms in total. The van der Waals surface area contributed by atoms with Crippen molar-refractivity contribution in [2.24, 2.45) is 0 Å². The normalized spacial score (nSPS) is 12.9. The Morgan fingerprint density at radius 2 is 1.65 bits per heavy atom. The molecule has 2 aromatic rings. The lowest BCUT2D eigenvalue weighted by molar-refractivity contribution is -0.139. The zero-order chi connectivity index (χ0) is 19.3. The second-order valence-corrected chi connectivity index (χ2v) is 5.84. The molecular formula is C19H19F2NO4. The zero-order valence-corrected chi connectivity index (χ0v) is 14.3. The number of halogens is 2. The van der Waals surface area contributed by atoms with Gasteiger partial charge in [-0.3, -0.25) is 4.79 Å². The first kappa shape index (κ1) is 19.4. The largest absolute Gasteiger partial charge is 0.482 e. The fourth-order valence-electron chi connectivity index (χ4n) is 2.47. The van der Waals surface area contributed by atoms with E-state index in [1.165, 1.54) is 13.0 Å². The molecule has 2 rings (SSSR count). The van der Waals surface area contributed by atoms with Gasteiger partial charge in [0, 0.05) is 5.56 Å². The molecule has 0 aliphatic carbocycles. The fourth-order valence-corrected chi connectivity index (χ4v) is 2.47. The third kappa shape index (κ3) is 4.78. The highest BCUT2D eigenvalue weighted by atomic mass is 19.1. The van der Waals surface area contributed by atoms with Gasteiger partial charge in [-0.25, -0.2) is 13.6 Å². The number of carbonyl (C=O) groups is 2. The molecule has 2 aromatic carbocycles. The molecule has 0 bridgehead atoms. The maximum absolute atomic E-state index is 13.8. The molecule has 0 spiro atoms. The van der Waals surface area contributed by atoms with Crippen LogP contribution in [0.4, 0.5) is 8.78 Å². The Hall–Kier alpha value is -2.96. The number of hydrogen-bond acceptors (Lipinski definition) is 3. The molecule has 138 valence electrons. The SMILES string of the molecule is C[C@H](NC(=O)[C@H](C)c1c(F)cccc1F)c1ccc(OCC(=O)O)cc1. The second-order valence-electron chi connectivity index (χ2n) is 5.84. The number of aliphatic carboxylic acids is 1. The number of ether oxygens (including phenoxy) is 1. The summed E-state index contributed by atoms with van der Waals surface area (Å²) in [7, 11) is 0. The van der Waals surface area contributed by atoms with Crippen LogP contribution in [0.5, 0.6) is 5.75 Å². The van der Waals surface area contributed by atoms with Crippen molar-refractivity contribution in [1.29, 1.82) is 0 Å². The van der Waals surface area contributed by atoms with Crippen LogP contribution in [0.15, 0.2) is 42.5 Å². The molecule has 0 aliphatic heterocycles. The number of rotatable bonds is 7. The van der Waals surface area contributed by atoms with Crippen molar-refractivity contribution in [2.75, 3.05) is 6.61 Å². The Kier molecular flexibility index (Phi) is 6.27. The molecule has 0 fully saturated rings. The molecule has 0 unspecified atom stereocenters. The van der Waals surface area contributed by atoms with Crippen molar-refractivity contribution in [3.05, 3.63) is 65.2 Å². The highest BCUT2D eigenvalue weighted by Gasteiger charge is 2.23. The number of benzene rings is 2. The van der Waals surface area contributed by atoms with E-state index in [1.54, 1.807) is 31.2 Å². The highest BCUT2D eigenvalue weighted by Crippen LogP contribution is 2.24. The van der Waals surface area contributed by atoms with Gasteiger partial charge in [0.05, 0.1) is 12.0 Å². The average molecular weight is 363 g/mol. The molecule has 7 heteroatoms. The Morgan fingerprint density at radius 3 is 2.19 bits per heavy atom. The zero-order valence-electron chi connectivity index (χ0n) is 14.3. The van der Waals surface area contributed by atoms with Crippen LogP contribution in [0, 0.1) is 11.6 Å².